The quantitative estimate of drug-likeness (QED) is 0.130. The van der Waals surface area contributed by atoms with Gasteiger partial charge in [0, 0.05) is 25.5 Å². The maximum atomic E-state index is 12.5. The normalized spacial score (nSPS) is 15.2. The van der Waals surface area contributed by atoms with Gasteiger partial charge in [-0.1, -0.05) is 40.8 Å². The van der Waals surface area contributed by atoms with E-state index in [-0.39, 0.29) is 17.3 Å². The Bertz CT molecular complexity index is 1510. The highest BCUT2D eigenvalue weighted by atomic mass is 32.2. The number of carbonyl (C=O) groups excluding carboxylic acids is 2. The number of anilines is 1. The number of nitrogens with one attached hydrogen (secondary N) is 4. The Labute approximate surface area is 244 Å². The van der Waals surface area contributed by atoms with E-state index in [1.165, 1.54) is 6.92 Å². The van der Waals surface area contributed by atoms with Crippen molar-refractivity contribution in [1.29, 1.82) is 5.41 Å². The summed E-state index contributed by atoms with van der Waals surface area (Å²) in [5.41, 5.74) is 7.33. The molecule has 0 bridgehead atoms. The molecular weight excluding hydrogens is 627 g/mol. The van der Waals surface area contributed by atoms with Crippen LogP contribution in [0, 0.1) is 5.41 Å². The molecule has 2 heterocycles. The van der Waals surface area contributed by atoms with Gasteiger partial charge in [0.1, 0.15) is 23.0 Å². The van der Waals surface area contributed by atoms with Crippen LogP contribution in [0.25, 0.3) is 0 Å². The smallest absolute Gasteiger partial charge is 0.480 e. The summed E-state index contributed by atoms with van der Waals surface area (Å²) in [7, 11) is -4.33. The number of carboxylic acid groups (broad SMARTS) is 2. The van der Waals surface area contributed by atoms with E-state index in [0.717, 1.165) is 11.8 Å². The van der Waals surface area contributed by atoms with Crippen molar-refractivity contribution in [2.45, 2.75) is 42.4 Å². The number of carbonyl (C=O) groups is 4. The molecule has 0 radical (unpaired) electrons. The molecule has 0 saturated heterocycles. The average Bonchev–Trinajstić information content (AvgIpc) is 3.56. The summed E-state index contributed by atoms with van der Waals surface area (Å²) in [5.74, 6) is -5.31. The largest absolute Gasteiger partial charge is 0.490 e. The number of hydrogen-bond acceptors (Lipinski definition) is 11. The summed E-state index contributed by atoms with van der Waals surface area (Å²) in [6, 6.07) is 5.13. The molecule has 1 aliphatic heterocycles. The van der Waals surface area contributed by atoms with Crippen molar-refractivity contribution >= 4 is 61.7 Å². The van der Waals surface area contributed by atoms with Crippen molar-refractivity contribution in [1.82, 2.24) is 15.0 Å². The predicted octanol–water partition coefficient (Wildman–Crippen LogP) is 0.450. The number of rotatable bonds is 11. The molecule has 1 aromatic heterocycles. The van der Waals surface area contributed by atoms with E-state index < -0.39 is 63.0 Å². The number of aromatic nitrogens is 1. The van der Waals surface area contributed by atoms with Gasteiger partial charge in [-0.25, -0.2) is 18.2 Å². The van der Waals surface area contributed by atoms with Gasteiger partial charge in [0.15, 0.2) is 0 Å². The number of oxime groups is 1. The van der Waals surface area contributed by atoms with Crippen LogP contribution in [0.5, 0.6) is 0 Å². The molecular formula is C22H24F3N7O9S2. The van der Waals surface area contributed by atoms with Crippen molar-refractivity contribution in [3.63, 3.8) is 0 Å². The summed E-state index contributed by atoms with van der Waals surface area (Å²) in [5, 5.41) is 32.9. The summed E-state index contributed by atoms with van der Waals surface area (Å²) < 4.78 is 58.3. The highest BCUT2D eigenvalue weighted by Crippen LogP contribution is 2.23. The second-order valence-corrected chi connectivity index (χ2v) is 11.4. The third-order valence-electron chi connectivity index (χ3n) is 5.03. The van der Waals surface area contributed by atoms with Crippen LogP contribution in [0.2, 0.25) is 0 Å². The van der Waals surface area contributed by atoms with Crippen LogP contribution in [-0.2, 0) is 34.0 Å². The van der Waals surface area contributed by atoms with E-state index in [4.69, 9.17) is 25.9 Å². The third kappa shape index (κ3) is 10.9. The molecule has 0 fully saturated rings. The molecule has 2 amide bonds. The minimum absolute atomic E-state index is 0.0657. The predicted molar refractivity (Wildman–Crippen MR) is 143 cm³/mol. The van der Waals surface area contributed by atoms with Crippen molar-refractivity contribution in [2.75, 3.05) is 11.9 Å². The Kier molecular flexibility index (Phi) is 11.7. The highest BCUT2D eigenvalue weighted by Gasteiger charge is 2.38. The summed E-state index contributed by atoms with van der Waals surface area (Å²) >= 11 is 0.648. The van der Waals surface area contributed by atoms with Gasteiger partial charge >= 0.3 is 18.1 Å². The topological polar surface area (TPSA) is 263 Å². The van der Waals surface area contributed by atoms with E-state index in [1.54, 1.807) is 24.3 Å². The van der Waals surface area contributed by atoms with Gasteiger partial charge in [0.05, 0.1) is 18.3 Å². The molecule has 0 aliphatic carbocycles. The zero-order chi connectivity index (χ0) is 32.5. The average molecular weight is 652 g/mol. The summed E-state index contributed by atoms with van der Waals surface area (Å²) in [4.78, 5) is 52.9. The lowest BCUT2D eigenvalue weighted by molar-refractivity contribution is -0.192. The molecule has 3 rings (SSSR count). The van der Waals surface area contributed by atoms with Gasteiger partial charge in [0.25, 0.3) is 10.0 Å². The van der Waals surface area contributed by atoms with Gasteiger partial charge in [-0.2, -0.15) is 17.9 Å². The highest BCUT2D eigenvalue weighted by molar-refractivity contribution is 7.91. The molecule has 2 atom stereocenters. The number of nitrogens with two attached hydrogens (primary N) is 1. The Hall–Kier alpha value is -4.63. The number of amidine groups is 1. The van der Waals surface area contributed by atoms with Crippen LogP contribution < -0.4 is 21.1 Å². The van der Waals surface area contributed by atoms with Crippen LogP contribution in [0.3, 0.4) is 0 Å². The Morgan fingerprint density at radius 3 is 2.33 bits per heavy atom. The molecule has 1 aliphatic rings. The van der Waals surface area contributed by atoms with E-state index in [0.29, 0.717) is 29.0 Å². The van der Waals surface area contributed by atoms with E-state index >= 15 is 0 Å². The fourth-order valence-electron chi connectivity index (χ4n) is 3.08. The number of alkyl halides is 3. The standard InChI is InChI=1S/C20H23N7O7S2.C2HF3O2/c1-10(28)25-17-9-24-20(35-17)36(32,33)27-15(19(30)31)8-23-16(29)7-13-6-14(26-34-13)11-2-4-12(5-3-11)18(21)22;3-2(4,5)1(6)7/h2-5,9,13,15,27H,6-8H2,1H3,(H3,21,22)(H,23,29)(H,25,28)(H,30,31);(H,6,7)/t13?,15-;/m0./s1. The zero-order valence-corrected chi connectivity index (χ0v) is 23.5. The lowest BCUT2D eigenvalue weighted by atomic mass is 10.0. The van der Waals surface area contributed by atoms with Gasteiger partial charge in [-0.05, 0) is 5.56 Å². The summed E-state index contributed by atoms with van der Waals surface area (Å²) in [6.45, 7) is 0.718. The Morgan fingerprint density at radius 2 is 1.81 bits per heavy atom. The first-order valence-electron chi connectivity index (χ1n) is 11.6. The number of amides is 2. The number of hydrogen-bond donors (Lipinski definition) is 7. The third-order valence-corrected chi connectivity index (χ3v) is 7.81. The summed E-state index contributed by atoms with van der Waals surface area (Å²) in [6.07, 6.45) is -4.35. The lowest BCUT2D eigenvalue weighted by Gasteiger charge is -2.15. The molecule has 0 spiro atoms. The fraction of sp³-hybridized carbons (Fsp3) is 0.318. The minimum atomic E-state index is -5.08. The monoisotopic (exact) mass is 651 g/mol. The maximum absolute atomic E-state index is 12.5. The molecule has 8 N–H and O–H groups in total. The van der Waals surface area contributed by atoms with Crippen LogP contribution in [0.4, 0.5) is 18.2 Å². The van der Waals surface area contributed by atoms with Crippen LogP contribution in [0.1, 0.15) is 30.9 Å². The van der Waals surface area contributed by atoms with Crippen molar-refractivity contribution < 1.29 is 55.8 Å². The number of halogens is 3. The first kappa shape index (κ1) is 34.6. The van der Waals surface area contributed by atoms with Crippen molar-refractivity contribution in [3.05, 3.63) is 41.6 Å². The molecule has 234 valence electrons. The number of nitrogens with zero attached hydrogens (tertiary/aromatic N) is 2. The minimum Gasteiger partial charge on any atom is -0.480 e. The molecule has 1 aromatic carbocycles. The zero-order valence-electron chi connectivity index (χ0n) is 21.8. The van der Waals surface area contributed by atoms with Crippen molar-refractivity contribution in [3.8, 4) is 0 Å². The molecule has 16 nitrogen and oxygen atoms in total. The molecule has 43 heavy (non-hydrogen) atoms. The van der Waals surface area contributed by atoms with E-state index in [9.17, 15) is 41.1 Å². The van der Waals surface area contributed by atoms with E-state index in [1.807, 2.05) is 4.72 Å². The number of benzene rings is 1. The lowest BCUT2D eigenvalue weighted by Crippen LogP contribution is -2.48. The molecule has 1 unspecified atom stereocenters. The molecule has 0 saturated carbocycles. The van der Waals surface area contributed by atoms with Gasteiger partial charge in [-0.15, -0.1) is 0 Å². The Morgan fingerprint density at radius 1 is 1.21 bits per heavy atom. The van der Waals surface area contributed by atoms with Crippen LogP contribution >= 0.6 is 11.3 Å². The van der Waals surface area contributed by atoms with Gasteiger partial charge in [-0.3, -0.25) is 19.8 Å². The number of carboxylic acids is 2. The number of nitrogen functional groups attached to an aromatic ring is 1. The van der Waals surface area contributed by atoms with Crippen molar-refractivity contribution in [2.24, 2.45) is 10.9 Å². The fourth-order valence-corrected chi connectivity index (χ4v) is 5.37. The Balaban J connectivity index is 0.000000821. The van der Waals surface area contributed by atoms with Crippen LogP contribution in [-0.4, -0.2) is 83.8 Å². The number of sulfonamides is 1. The number of thiazole rings is 1. The molecule has 21 heteroatoms. The van der Waals surface area contributed by atoms with E-state index in [2.05, 4.69) is 20.8 Å². The SMILES string of the molecule is CC(=O)Nc1cnc(S(=O)(=O)N[C@@H](CNC(=O)CC2CC(c3ccc(C(=N)N)cc3)=NO2)C(=O)O)s1.O=C(O)C(F)(F)F. The van der Waals surface area contributed by atoms with Gasteiger partial charge < -0.3 is 31.4 Å². The molecule has 2 aromatic rings. The second kappa shape index (κ2) is 14.5. The first-order valence-corrected chi connectivity index (χ1v) is 13.9. The van der Waals surface area contributed by atoms with Crippen LogP contribution in [0.15, 0.2) is 40.0 Å². The second-order valence-electron chi connectivity index (χ2n) is 8.46. The number of aliphatic carboxylic acids is 2. The van der Waals surface area contributed by atoms with Gasteiger partial charge in [0.2, 0.25) is 16.2 Å². The maximum Gasteiger partial charge on any atom is 0.490 e. The first-order chi connectivity index (χ1) is 19.9.